The molecule has 0 spiro atoms. The van der Waals surface area contributed by atoms with E-state index >= 15 is 0 Å². The zero-order valence-electron chi connectivity index (χ0n) is 11.1. The van der Waals surface area contributed by atoms with E-state index < -0.39 is 0 Å². The lowest BCUT2D eigenvalue weighted by atomic mass is 10.4. The van der Waals surface area contributed by atoms with Crippen LogP contribution in [0.3, 0.4) is 0 Å². The molecule has 2 heterocycles. The Kier molecular flexibility index (Phi) is 4.97. The third-order valence-electron chi connectivity index (χ3n) is 2.55. The molecule has 0 fully saturated rings. The number of hydrogen-bond donors (Lipinski definition) is 1. The molecule has 0 unspecified atom stereocenters. The maximum Gasteiger partial charge on any atom is 0.238 e. The van der Waals surface area contributed by atoms with Crippen LogP contribution in [-0.2, 0) is 11.3 Å². The molecule has 8 heteroatoms. The number of halogens is 1. The number of rotatable bonds is 5. The molecule has 0 aliphatic carbocycles. The van der Waals surface area contributed by atoms with Crippen LogP contribution >= 0.6 is 23.4 Å². The smallest absolute Gasteiger partial charge is 0.238 e. The zero-order valence-corrected chi connectivity index (χ0v) is 12.6. The summed E-state index contributed by atoms with van der Waals surface area (Å²) in [7, 11) is 0. The van der Waals surface area contributed by atoms with E-state index in [1.54, 1.807) is 18.5 Å². The van der Waals surface area contributed by atoms with Crippen molar-refractivity contribution in [3.63, 3.8) is 0 Å². The van der Waals surface area contributed by atoms with Gasteiger partial charge in [-0.25, -0.2) is 4.98 Å². The van der Waals surface area contributed by atoms with Crippen LogP contribution in [0.15, 0.2) is 29.8 Å². The first-order valence-electron chi connectivity index (χ1n) is 6.07. The number of nitrogens with one attached hydrogen (secondary N) is 1. The number of anilines is 1. The fraction of sp³-hybridized carbons (Fsp3) is 0.333. The maximum absolute atomic E-state index is 12.1. The van der Waals surface area contributed by atoms with E-state index in [1.165, 1.54) is 18.0 Å². The van der Waals surface area contributed by atoms with Crippen LogP contribution in [0.5, 0.6) is 0 Å². The lowest BCUT2D eigenvalue weighted by molar-refractivity contribution is -0.115. The number of aromatic nitrogens is 4. The van der Waals surface area contributed by atoms with Crippen molar-refractivity contribution < 1.29 is 4.79 Å². The summed E-state index contributed by atoms with van der Waals surface area (Å²) >= 11 is 7.10. The van der Waals surface area contributed by atoms with Gasteiger partial charge in [-0.2, -0.15) is 0 Å². The van der Waals surface area contributed by atoms with Crippen molar-refractivity contribution in [3.8, 4) is 0 Å². The van der Waals surface area contributed by atoms with Crippen LogP contribution in [0.25, 0.3) is 0 Å². The Bertz CT molecular complexity index is 586. The molecule has 2 aromatic rings. The number of carbonyl (C=O) groups is 1. The molecule has 0 saturated heterocycles. The molecule has 0 saturated carbocycles. The number of hydrogen-bond acceptors (Lipinski definition) is 5. The van der Waals surface area contributed by atoms with Gasteiger partial charge in [0.2, 0.25) is 5.91 Å². The van der Waals surface area contributed by atoms with E-state index in [0.717, 1.165) is 11.7 Å². The summed E-state index contributed by atoms with van der Waals surface area (Å²) in [4.78, 5) is 16.1. The molecule has 0 aliphatic heterocycles. The predicted molar refractivity (Wildman–Crippen MR) is 78.9 cm³/mol. The topological polar surface area (TPSA) is 72.7 Å². The summed E-state index contributed by atoms with van der Waals surface area (Å²) in [5.41, 5.74) is 0. The van der Waals surface area contributed by atoms with Crippen molar-refractivity contribution in [2.75, 3.05) is 5.32 Å². The minimum atomic E-state index is -0.304. The normalized spacial score (nSPS) is 12.2. The molecular weight excluding hydrogens is 298 g/mol. The second-order valence-electron chi connectivity index (χ2n) is 4.01. The Morgan fingerprint density at radius 1 is 1.55 bits per heavy atom. The molecule has 0 aliphatic rings. The Morgan fingerprint density at radius 3 is 3.00 bits per heavy atom. The van der Waals surface area contributed by atoms with Crippen LogP contribution < -0.4 is 5.32 Å². The van der Waals surface area contributed by atoms with Gasteiger partial charge in [0.15, 0.2) is 5.16 Å². The van der Waals surface area contributed by atoms with Crippen molar-refractivity contribution in [3.05, 3.63) is 29.7 Å². The lowest BCUT2D eigenvalue weighted by Gasteiger charge is -2.11. The standard InChI is InChI=1S/C12H14ClN5OS/c1-3-18-7-15-17-12(18)20-8(2)11(19)16-10-5-4-9(13)6-14-10/h4-8H,3H2,1-2H3,(H,14,16,19)/t8-/m0/s1. The summed E-state index contributed by atoms with van der Waals surface area (Å²) in [6, 6.07) is 3.34. The Hall–Kier alpha value is -1.60. The van der Waals surface area contributed by atoms with Crippen molar-refractivity contribution in [1.82, 2.24) is 19.7 Å². The molecule has 106 valence electrons. The molecule has 0 aromatic carbocycles. The Balaban J connectivity index is 1.97. The fourth-order valence-corrected chi connectivity index (χ4v) is 2.44. The fourth-order valence-electron chi connectivity index (χ4n) is 1.44. The molecule has 6 nitrogen and oxygen atoms in total. The molecular formula is C12H14ClN5OS. The van der Waals surface area contributed by atoms with Gasteiger partial charge in [0.1, 0.15) is 12.1 Å². The van der Waals surface area contributed by atoms with Gasteiger partial charge in [-0.3, -0.25) is 4.79 Å². The van der Waals surface area contributed by atoms with Gasteiger partial charge in [0.25, 0.3) is 0 Å². The van der Waals surface area contributed by atoms with Gasteiger partial charge in [-0.15, -0.1) is 10.2 Å². The number of carbonyl (C=O) groups excluding carboxylic acids is 1. The predicted octanol–water partition coefficient (Wildman–Crippen LogP) is 2.47. The zero-order chi connectivity index (χ0) is 14.5. The first kappa shape index (κ1) is 14.8. The van der Waals surface area contributed by atoms with Gasteiger partial charge in [-0.1, -0.05) is 23.4 Å². The number of nitrogens with zero attached hydrogens (tertiary/aromatic N) is 4. The summed E-state index contributed by atoms with van der Waals surface area (Å²) in [5, 5.41) is 11.5. The quantitative estimate of drug-likeness (QED) is 0.859. The van der Waals surface area contributed by atoms with Crippen LogP contribution in [0.4, 0.5) is 5.82 Å². The Labute approximate surface area is 125 Å². The molecule has 20 heavy (non-hydrogen) atoms. The summed E-state index contributed by atoms with van der Waals surface area (Å²) in [5.74, 6) is 0.333. The lowest BCUT2D eigenvalue weighted by Crippen LogP contribution is -2.23. The van der Waals surface area contributed by atoms with Gasteiger partial charge in [-0.05, 0) is 26.0 Å². The van der Waals surface area contributed by atoms with E-state index in [-0.39, 0.29) is 11.2 Å². The van der Waals surface area contributed by atoms with Crippen LogP contribution in [-0.4, -0.2) is 30.9 Å². The largest absolute Gasteiger partial charge is 0.310 e. The van der Waals surface area contributed by atoms with E-state index in [0.29, 0.717) is 10.8 Å². The summed E-state index contributed by atoms with van der Waals surface area (Å²) in [6.45, 7) is 4.57. The van der Waals surface area contributed by atoms with Crippen molar-refractivity contribution in [2.24, 2.45) is 0 Å². The van der Waals surface area contributed by atoms with E-state index in [9.17, 15) is 4.79 Å². The molecule has 1 N–H and O–H groups in total. The van der Waals surface area contributed by atoms with Gasteiger partial charge in [0.05, 0.1) is 10.3 Å². The van der Waals surface area contributed by atoms with Crippen molar-refractivity contribution in [2.45, 2.75) is 30.8 Å². The highest BCUT2D eigenvalue weighted by Gasteiger charge is 2.18. The first-order chi connectivity index (χ1) is 9.60. The molecule has 1 amide bonds. The van der Waals surface area contributed by atoms with Gasteiger partial charge >= 0.3 is 0 Å². The summed E-state index contributed by atoms with van der Waals surface area (Å²) < 4.78 is 1.88. The second kappa shape index (κ2) is 6.71. The average Bonchev–Trinajstić information content (AvgIpc) is 2.88. The highest BCUT2D eigenvalue weighted by molar-refractivity contribution is 8.00. The number of pyridine rings is 1. The average molecular weight is 312 g/mol. The number of thioether (sulfide) groups is 1. The minimum Gasteiger partial charge on any atom is -0.310 e. The third kappa shape index (κ3) is 3.71. The molecule has 1 atom stereocenters. The summed E-state index contributed by atoms with van der Waals surface area (Å²) in [6.07, 6.45) is 3.14. The highest BCUT2D eigenvalue weighted by Crippen LogP contribution is 2.22. The van der Waals surface area contributed by atoms with E-state index in [2.05, 4.69) is 20.5 Å². The molecule has 0 bridgehead atoms. The second-order valence-corrected chi connectivity index (χ2v) is 5.75. The van der Waals surface area contributed by atoms with E-state index in [4.69, 9.17) is 11.6 Å². The minimum absolute atomic E-state index is 0.143. The van der Waals surface area contributed by atoms with Gasteiger partial charge < -0.3 is 9.88 Å². The highest BCUT2D eigenvalue weighted by atomic mass is 35.5. The first-order valence-corrected chi connectivity index (χ1v) is 7.32. The van der Waals surface area contributed by atoms with E-state index in [1.807, 2.05) is 18.4 Å². The maximum atomic E-state index is 12.1. The SMILES string of the molecule is CCn1cnnc1S[C@@H](C)C(=O)Nc1ccc(Cl)cn1. The monoisotopic (exact) mass is 311 g/mol. The van der Waals surface area contributed by atoms with Crippen LogP contribution in [0.1, 0.15) is 13.8 Å². The molecule has 2 aromatic heterocycles. The number of aryl methyl sites for hydroxylation is 1. The Morgan fingerprint density at radius 2 is 2.35 bits per heavy atom. The number of amides is 1. The molecule has 2 rings (SSSR count). The van der Waals surface area contributed by atoms with Crippen LogP contribution in [0.2, 0.25) is 5.02 Å². The van der Waals surface area contributed by atoms with Crippen molar-refractivity contribution in [1.29, 1.82) is 0 Å². The van der Waals surface area contributed by atoms with Crippen LogP contribution in [0, 0.1) is 0 Å². The molecule has 0 radical (unpaired) electrons. The van der Waals surface area contributed by atoms with Gasteiger partial charge in [0, 0.05) is 12.7 Å². The van der Waals surface area contributed by atoms with Crippen molar-refractivity contribution >= 4 is 35.1 Å². The third-order valence-corrected chi connectivity index (χ3v) is 3.87.